The number of amides is 1. The van der Waals surface area contributed by atoms with Gasteiger partial charge in [-0.25, -0.2) is 9.67 Å². The average Bonchev–Trinajstić information content (AvgIpc) is 3.14. The number of carbonyl (C=O) groups is 1. The maximum Gasteiger partial charge on any atom is 0.239 e. The number of benzene rings is 2. The van der Waals surface area contributed by atoms with Crippen LogP contribution in [-0.2, 0) is 11.3 Å². The average molecular weight is 307 g/mol. The minimum Gasteiger partial charge on any atom is -0.376 e. The predicted molar refractivity (Wildman–Crippen MR) is 88.1 cm³/mol. The molecule has 0 aliphatic heterocycles. The molecule has 0 aliphatic carbocycles. The molecule has 2 N–H and O–H groups in total. The predicted octanol–water partition coefficient (Wildman–Crippen LogP) is 2.00. The Balaban J connectivity index is 1.52. The second kappa shape index (κ2) is 7.22. The number of nitrogens with zero attached hydrogens (tertiary/aromatic N) is 3. The van der Waals surface area contributed by atoms with Gasteiger partial charge in [0.1, 0.15) is 12.7 Å². The number of carbonyl (C=O) groups excluding carboxylic acids is 1. The van der Waals surface area contributed by atoms with Crippen molar-refractivity contribution in [3.8, 4) is 5.69 Å². The first-order valence-electron chi connectivity index (χ1n) is 7.31. The topological polar surface area (TPSA) is 71.8 Å². The third kappa shape index (κ3) is 4.16. The van der Waals surface area contributed by atoms with Gasteiger partial charge in [0.25, 0.3) is 0 Å². The highest BCUT2D eigenvalue weighted by atomic mass is 16.1. The molecule has 3 rings (SSSR count). The van der Waals surface area contributed by atoms with Crippen molar-refractivity contribution >= 4 is 11.6 Å². The van der Waals surface area contributed by atoms with E-state index in [1.165, 1.54) is 6.33 Å². The highest BCUT2D eigenvalue weighted by molar-refractivity contribution is 5.80. The van der Waals surface area contributed by atoms with E-state index in [4.69, 9.17) is 0 Å². The molecule has 0 aliphatic rings. The van der Waals surface area contributed by atoms with Crippen LogP contribution in [0.5, 0.6) is 0 Å². The molecule has 0 fully saturated rings. The SMILES string of the molecule is O=C(CNc1ccccc1)NCc1cccc(-n2cncn2)c1. The number of hydrogen-bond acceptors (Lipinski definition) is 4. The molecule has 0 radical (unpaired) electrons. The Morgan fingerprint density at radius 2 is 1.96 bits per heavy atom. The fourth-order valence-electron chi connectivity index (χ4n) is 2.15. The van der Waals surface area contributed by atoms with Gasteiger partial charge in [-0.15, -0.1) is 0 Å². The van der Waals surface area contributed by atoms with E-state index in [0.717, 1.165) is 16.9 Å². The van der Waals surface area contributed by atoms with Crippen molar-refractivity contribution in [3.63, 3.8) is 0 Å². The van der Waals surface area contributed by atoms with Gasteiger partial charge in [0.15, 0.2) is 0 Å². The van der Waals surface area contributed by atoms with E-state index in [0.29, 0.717) is 6.54 Å². The van der Waals surface area contributed by atoms with Crippen LogP contribution in [0, 0.1) is 0 Å². The number of rotatable bonds is 6. The maximum atomic E-state index is 11.9. The minimum absolute atomic E-state index is 0.0555. The lowest BCUT2D eigenvalue weighted by Gasteiger charge is -2.09. The van der Waals surface area contributed by atoms with Crippen LogP contribution in [0.1, 0.15) is 5.56 Å². The zero-order valence-electron chi connectivity index (χ0n) is 12.5. The number of para-hydroxylation sites is 1. The lowest BCUT2D eigenvalue weighted by atomic mass is 10.2. The highest BCUT2D eigenvalue weighted by Crippen LogP contribution is 2.09. The molecule has 6 nitrogen and oxygen atoms in total. The van der Waals surface area contributed by atoms with Crippen LogP contribution >= 0.6 is 0 Å². The highest BCUT2D eigenvalue weighted by Gasteiger charge is 2.03. The van der Waals surface area contributed by atoms with Crippen LogP contribution in [0.4, 0.5) is 5.69 Å². The molecule has 0 saturated heterocycles. The smallest absolute Gasteiger partial charge is 0.239 e. The molecule has 0 unspecified atom stereocenters. The van der Waals surface area contributed by atoms with Gasteiger partial charge in [-0.05, 0) is 29.8 Å². The number of nitrogens with one attached hydrogen (secondary N) is 2. The van der Waals surface area contributed by atoms with Crippen LogP contribution in [0.2, 0.25) is 0 Å². The molecule has 0 atom stereocenters. The Hall–Kier alpha value is -3.15. The van der Waals surface area contributed by atoms with Gasteiger partial charge in [0.05, 0.1) is 12.2 Å². The molecule has 23 heavy (non-hydrogen) atoms. The first-order valence-corrected chi connectivity index (χ1v) is 7.31. The van der Waals surface area contributed by atoms with E-state index in [1.54, 1.807) is 11.0 Å². The van der Waals surface area contributed by atoms with Crippen LogP contribution in [0.15, 0.2) is 67.3 Å². The zero-order chi connectivity index (χ0) is 15.9. The third-order valence-electron chi connectivity index (χ3n) is 3.31. The summed E-state index contributed by atoms with van der Waals surface area (Å²) in [6.07, 6.45) is 3.13. The van der Waals surface area contributed by atoms with Crippen LogP contribution in [0.3, 0.4) is 0 Å². The summed E-state index contributed by atoms with van der Waals surface area (Å²) in [5, 5.41) is 10.1. The zero-order valence-corrected chi connectivity index (χ0v) is 12.5. The monoisotopic (exact) mass is 307 g/mol. The van der Waals surface area contributed by atoms with Crippen molar-refractivity contribution < 1.29 is 4.79 Å². The summed E-state index contributed by atoms with van der Waals surface area (Å²) in [6, 6.07) is 17.4. The summed E-state index contributed by atoms with van der Waals surface area (Å²) in [4.78, 5) is 15.8. The quantitative estimate of drug-likeness (QED) is 0.730. The maximum absolute atomic E-state index is 11.9. The molecule has 6 heteroatoms. The van der Waals surface area contributed by atoms with Crippen molar-refractivity contribution in [3.05, 3.63) is 72.8 Å². The van der Waals surface area contributed by atoms with Crippen molar-refractivity contribution in [2.24, 2.45) is 0 Å². The normalized spacial score (nSPS) is 10.3. The van der Waals surface area contributed by atoms with Gasteiger partial charge >= 0.3 is 0 Å². The second-order valence-corrected chi connectivity index (χ2v) is 5.01. The first kappa shape index (κ1) is 14.8. The van der Waals surface area contributed by atoms with Crippen LogP contribution < -0.4 is 10.6 Å². The van der Waals surface area contributed by atoms with E-state index < -0.39 is 0 Å². The molecule has 116 valence electrons. The molecule has 1 heterocycles. The van der Waals surface area contributed by atoms with Crippen molar-refractivity contribution in [2.45, 2.75) is 6.54 Å². The Kier molecular flexibility index (Phi) is 4.63. The summed E-state index contributed by atoms with van der Waals surface area (Å²) < 4.78 is 1.68. The lowest BCUT2D eigenvalue weighted by Crippen LogP contribution is -2.29. The van der Waals surface area contributed by atoms with E-state index in [-0.39, 0.29) is 12.5 Å². The molecule has 0 spiro atoms. The molecule has 1 amide bonds. The Bertz CT molecular complexity index is 756. The van der Waals surface area contributed by atoms with Crippen molar-refractivity contribution in [2.75, 3.05) is 11.9 Å². The van der Waals surface area contributed by atoms with Gasteiger partial charge in [0, 0.05) is 12.2 Å². The molecule has 3 aromatic rings. The Morgan fingerprint density at radius 1 is 1.09 bits per heavy atom. The second-order valence-electron chi connectivity index (χ2n) is 5.01. The molecule has 0 bridgehead atoms. The van der Waals surface area contributed by atoms with Gasteiger partial charge < -0.3 is 10.6 Å². The van der Waals surface area contributed by atoms with E-state index in [2.05, 4.69) is 20.7 Å². The Labute approximate surface area is 134 Å². The van der Waals surface area contributed by atoms with Gasteiger partial charge in [-0.3, -0.25) is 4.79 Å². The van der Waals surface area contributed by atoms with Crippen LogP contribution in [-0.4, -0.2) is 27.2 Å². The molecule has 0 saturated carbocycles. The standard InChI is InChI=1S/C17H17N5O/c23-17(11-19-15-6-2-1-3-7-15)20-10-14-5-4-8-16(9-14)22-13-18-12-21-22/h1-9,12-13,19H,10-11H2,(H,20,23). The van der Waals surface area contributed by atoms with Crippen molar-refractivity contribution in [1.82, 2.24) is 20.1 Å². The van der Waals surface area contributed by atoms with E-state index in [9.17, 15) is 4.79 Å². The summed E-state index contributed by atoms with van der Waals surface area (Å²) >= 11 is 0. The van der Waals surface area contributed by atoms with Gasteiger partial charge in [-0.2, -0.15) is 5.10 Å². The molecular formula is C17H17N5O. The molecule has 1 aromatic heterocycles. The third-order valence-corrected chi connectivity index (χ3v) is 3.31. The van der Waals surface area contributed by atoms with Crippen molar-refractivity contribution in [1.29, 1.82) is 0 Å². The van der Waals surface area contributed by atoms with Gasteiger partial charge in [-0.1, -0.05) is 30.3 Å². The summed E-state index contributed by atoms with van der Waals surface area (Å²) in [6.45, 7) is 0.713. The van der Waals surface area contributed by atoms with E-state index in [1.807, 2.05) is 54.6 Å². The number of aromatic nitrogens is 3. The Morgan fingerprint density at radius 3 is 2.74 bits per heavy atom. The van der Waals surface area contributed by atoms with Gasteiger partial charge in [0.2, 0.25) is 5.91 Å². The first-order chi connectivity index (χ1) is 11.3. The van der Waals surface area contributed by atoms with E-state index >= 15 is 0 Å². The minimum atomic E-state index is -0.0555. The molecular weight excluding hydrogens is 290 g/mol. The largest absolute Gasteiger partial charge is 0.376 e. The summed E-state index contributed by atoms with van der Waals surface area (Å²) in [7, 11) is 0. The lowest BCUT2D eigenvalue weighted by molar-refractivity contribution is -0.119. The van der Waals surface area contributed by atoms with Crippen LogP contribution in [0.25, 0.3) is 5.69 Å². The fraction of sp³-hybridized carbons (Fsp3) is 0.118. The number of anilines is 1. The summed E-state index contributed by atoms with van der Waals surface area (Å²) in [5.41, 5.74) is 2.85. The number of hydrogen-bond donors (Lipinski definition) is 2. The molecule has 2 aromatic carbocycles. The fourth-order valence-corrected chi connectivity index (χ4v) is 2.15. The summed E-state index contributed by atoms with van der Waals surface area (Å²) in [5.74, 6) is -0.0555.